The van der Waals surface area contributed by atoms with Gasteiger partial charge in [0, 0.05) is 22.8 Å². The number of para-hydroxylation sites is 1. The number of rotatable bonds is 0. The van der Waals surface area contributed by atoms with Gasteiger partial charge in [-0.1, -0.05) is 18.1 Å². The van der Waals surface area contributed by atoms with Crippen LogP contribution in [0.15, 0.2) is 35.8 Å². The van der Waals surface area contributed by atoms with Gasteiger partial charge in [-0.15, -0.1) is 11.3 Å². The van der Waals surface area contributed by atoms with Gasteiger partial charge in [0.25, 0.3) is 0 Å². The molecule has 0 aliphatic heterocycles. The molecule has 1 aromatic heterocycles. The van der Waals surface area contributed by atoms with Gasteiger partial charge in [-0.3, -0.25) is 0 Å². The lowest BCUT2D eigenvalue weighted by atomic mass is 10.2. The molecule has 0 saturated heterocycles. The first kappa shape index (κ1) is 8.79. The molecule has 1 aromatic carbocycles. The molecule has 0 radical (unpaired) electrons. The van der Waals surface area contributed by atoms with Gasteiger partial charge in [-0.05, 0) is 18.1 Å². The molecule has 0 atom stereocenters. The zero-order valence-electron chi connectivity index (χ0n) is 7.40. The van der Waals surface area contributed by atoms with Gasteiger partial charge in [0.1, 0.15) is 0 Å². The molecule has 2 N–H and O–H groups in total. The van der Waals surface area contributed by atoms with E-state index in [0.717, 1.165) is 10.6 Å². The second kappa shape index (κ2) is 3.95. The maximum atomic E-state index is 5.74. The van der Waals surface area contributed by atoms with Gasteiger partial charge in [-0.2, -0.15) is 0 Å². The van der Waals surface area contributed by atoms with E-state index in [0.29, 0.717) is 5.69 Å². The minimum Gasteiger partial charge on any atom is -0.398 e. The van der Waals surface area contributed by atoms with Crippen LogP contribution in [0.3, 0.4) is 0 Å². The number of nitrogens with two attached hydrogens (primary N) is 1. The summed E-state index contributed by atoms with van der Waals surface area (Å²) >= 11 is 1.52. The number of anilines is 1. The van der Waals surface area contributed by atoms with Crippen LogP contribution in [0.1, 0.15) is 10.6 Å². The number of nitrogens with zero attached hydrogens (tertiary/aromatic N) is 1. The Bertz CT molecular complexity index is 477. The molecule has 2 rings (SSSR count). The monoisotopic (exact) mass is 200 g/mol. The van der Waals surface area contributed by atoms with Gasteiger partial charge in [-0.25, -0.2) is 4.98 Å². The Kier molecular flexibility index (Phi) is 2.48. The van der Waals surface area contributed by atoms with Crippen LogP contribution in [0.5, 0.6) is 0 Å². The second-order valence-electron chi connectivity index (χ2n) is 2.67. The number of aromatic nitrogens is 1. The highest BCUT2D eigenvalue weighted by Gasteiger charge is 1.92. The lowest BCUT2D eigenvalue weighted by Gasteiger charge is -1.94. The van der Waals surface area contributed by atoms with Gasteiger partial charge in [0.05, 0.1) is 0 Å². The molecule has 0 saturated carbocycles. The molecule has 0 amide bonds. The molecule has 2 aromatic rings. The van der Waals surface area contributed by atoms with Crippen LogP contribution in [0.4, 0.5) is 5.69 Å². The fourth-order valence-corrected chi connectivity index (χ4v) is 1.50. The molecule has 0 unspecified atom stereocenters. The van der Waals surface area contributed by atoms with E-state index in [2.05, 4.69) is 16.8 Å². The SMILES string of the molecule is Nc1ccccc1C#Cc1nccs1. The van der Waals surface area contributed by atoms with Gasteiger partial charge < -0.3 is 5.73 Å². The molecule has 2 nitrogen and oxygen atoms in total. The third kappa shape index (κ3) is 1.93. The summed E-state index contributed by atoms with van der Waals surface area (Å²) in [6.45, 7) is 0. The summed E-state index contributed by atoms with van der Waals surface area (Å²) in [4.78, 5) is 4.07. The van der Waals surface area contributed by atoms with E-state index >= 15 is 0 Å². The lowest BCUT2D eigenvalue weighted by molar-refractivity contribution is 1.39. The molecule has 14 heavy (non-hydrogen) atoms. The summed E-state index contributed by atoms with van der Waals surface area (Å²) in [5.41, 5.74) is 7.30. The number of benzene rings is 1. The highest BCUT2D eigenvalue weighted by molar-refractivity contribution is 7.10. The molecule has 0 fully saturated rings. The van der Waals surface area contributed by atoms with Crippen molar-refractivity contribution >= 4 is 17.0 Å². The molecule has 0 spiro atoms. The maximum absolute atomic E-state index is 5.74. The topological polar surface area (TPSA) is 38.9 Å². The van der Waals surface area contributed by atoms with E-state index in [4.69, 9.17) is 5.73 Å². The summed E-state index contributed by atoms with van der Waals surface area (Å²) in [7, 11) is 0. The quantitative estimate of drug-likeness (QED) is 0.522. The van der Waals surface area contributed by atoms with Crippen LogP contribution in [-0.2, 0) is 0 Å². The third-order valence-electron chi connectivity index (χ3n) is 1.70. The van der Waals surface area contributed by atoms with Gasteiger partial charge >= 0.3 is 0 Å². The average Bonchev–Trinajstić information content (AvgIpc) is 2.69. The number of hydrogen-bond donors (Lipinski definition) is 1. The Hall–Kier alpha value is -1.79. The molecule has 0 bridgehead atoms. The number of thiazole rings is 1. The number of hydrogen-bond acceptors (Lipinski definition) is 3. The maximum Gasteiger partial charge on any atom is 0.167 e. The third-order valence-corrected chi connectivity index (χ3v) is 2.39. The summed E-state index contributed by atoms with van der Waals surface area (Å²) in [5.74, 6) is 5.95. The Morgan fingerprint density at radius 1 is 1.21 bits per heavy atom. The molecule has 68 valence electrons. The van der Waals surface area contributed by atoms with Crippen molar-refractivity contribution in [2.75, 3.05) is 5.73 Å². The molecule has 0 aliphatic rings. The van der Waals surface area contributed by atoms with Crippen LogP contribution in [-0.4, -0.2) is 4.98 Å². The predicted molar refractivity (Wildman–Crippen MR) is 58.9 cm³/mol. The minimum absolute atomic E-state index is 0.705. The van der Waals surface area contributed by atoms with Crippen LogP contribution in [0.25, 0.3) is 0 Å². The van der Waals surface area contributed by atoms with Gasteiger partial charge in [0.2, 0.25) is 0 Å². The molecular formula is C11H8N2S. The second-order valence-corrected chi connectivity index (χ2v) is 3.57. The zero-order valence-corrected chi connectivity index (χ0v) is 8.21. The van der Waals surface area contributed by atoms with Crippen molar-refractivity contribution in [3.05, 3.63) is 46.4 Å². The Morgan fingerprint density at radius 3 is 2.79 bits per heavy atom. The molecule has 0 aliphatic carbocycles. The summed E-state index contributed by atoms with van der Waals surface area (Å²) in [6, 6.07) is 7.55. The van der Waals surface area contributed by atoms with E-state index < -0.39 is 0 Å². The standard InChI is InChI=1S/C11H8N2S/c12-10-4-2-1-3-9(10)5-6-11-13-7-8-14-11/h1-4,7-8H,12H2. The van der Waals surface area contributed by atoms with Crippen molar-refractivity contribution in [2.24, 2.45) is 0 Å². The smallest absolute Gasteiger partial charge is 0.167 e. The summed E-state index contributed by atoms with van der Waals surface area (Å²) in [5, 5.41) is 2.71. The van der Waals surface area contributed by atoms with Crippen LogP contribution in [0, 0.1) is 11.8 Å². The van der Waals surface area contributed by atoms with Crippen LogP contribution >= 0.6 is 11.3 Å². The largest absolute Gasteiger partial charge is 0.398 e. The first-order valence-electron chi connectivity index (χ1n) is 4.12. The van der Waals surface area contributed by atoms with Crippen molar-refractivity contribution in [1.29, 1.82) is 0 Å². The van der Waals surface area contributed by atoms with Crippen molar-refractivity contribution in [1.82, 2.24) is 4.98 Å². The zero-order chi connectivity index (χ0) is 9.80. The van der Waals surface area contributed by atoms with Crippen molar-refractivity contribution in [3.63, 3.8) is 0 Å². The number of nitrogen functional groups attached to an aromatic ring is 1. The van der Waals surface area contributed by atoms with Crippen molar-refractivity contribution in [2.45, 2.75) is 0 Å². The molecular weight excluding hydrogens is 192 g/mol. The minimum atomic E-state index is 0.705. The van der Waals surface area contributed by atoms with E-state index in [9.17, 15) is 0 Å². The fourth-order valence-electron chi connectivity index (χ4n) is 1.02. The van der Waals surface area contributed by atoms with E-state index in [1.807, 2.05) is 29.6 Å². The Balaban J connectivity index is 2.31. The van der Waals surface area contributed by atoms with Gasteiger partial charge in [0.15, 0.2) is 5.01 Å². The van der Waals surface area contributed by atoms with E-state index in [-0.39, 0.29) is 0 Å². The Morgan fingerprint density at radius 2 is 2.07 bits per heavy atom. The molecule has 3 heteroatoms. The average molecular weight is 200 g/mol. The van der Waals surface area contributed by atoms with Crippen LogP contribution < -0.4 is 5.73 Å². The van der Waals surface area contributed by atoms with Crippen molar-refractivity contribution in [3.8, 4) is 11.8 Å². The Labute approximate surface area is 86.4 Å². The van der Waals surface area contributed by atoms with E-state index in [1.165, 1.54) is 11.3 Å². The molecule has 1 heterocycles. The van der Waals surface area contributed by atoms with Crippen LogP contribution in [0.2, 0.25) is 0 Å². The fraction of sp³-hybridized carbons (Fsp3) is 0. The van der Waals surface area contributed by atoms with Crippen molar-refractivity contribution < 1.29 is 0 Å². The highest BCUT2D eigenvalue weighted by atomic mass is 32.1. The normalized spacial score (nSPS) is 9.14. The predicted octanol–water partition coefficient (Wildman–Crippen LogP) is 2.13. The lowest BCUT2D eigenvalue weighted by Crippen LogP contribution is -1.88. The van der Waals surface area contributed by atoms with E-state index in [1.54, 1.807) is 6.20 Å². The summed E-state index contributed by atoms with van der Waals surface area (Å²) < 4.78 is 0. The summed E-state index contributed by atoms with van der Waals surface area (Å²) in [6.07, 6.45) is 1.74. The first-order chi connectivity index (χ1) is 6.86. The first-order valence-corrected chi connectivity index (χ1v) is 5.00. The highest BCUT2D eigenvalue weighted by Crippen LogP contribution is 2.09.